The molecule has 1 aliphatic carbocycles. The highest BCUT2D eigenvalue weighted by Gasteiger charge is 2.23. The summed E-state index contributed by atoms with van der Waals surface area (Å²) in [4.78, 5) is 26.5. The minimum absolute atomic E-state index is 0.0572. The molecule has 1 aliphatic heterocycles. The van der Waals surface area contributed by atoms with Crippen molar-refractivity contribution in [2.45, 2.75) is 13.3 Å². The van der Waals surface area contributed by atoms with Gasteiger partial charge in [-0.2, -0.15) is 0 Å². The number of allylic oxidation sites excluding steroid dienone is 2. The highest BCUT2D eigenvalue weighted by atomic mass is 16.5. The summed E-state index contributed by atoms with van der Waals surface area (Å²) in [7, 11) is 1.47. The van der Waals surface area contributed by atoms with Gasteiger partial charge in [0, 0.05) is 31.3 Å². The fraction of sp³-hybridized carbons (Fsp3) is 0.308. The molecule has 94 valence electrons. The quantitative estimate of drug-likeness (QED) is 0.801. The standard InChI is InChI=1S/C13H14N2O3/c1-8(16)14-4-3-9-7-15-11-6-12(17)13(18-2)5-10(9)11/h5-7H,3-4H2,1-2H3,(H,14,16). The SMILES string of the molecule is COC1=CC2=C(CCNC(C)=O)C=NC2=CC1=O. The monoisotopic (exact) mass is 246 g/mol. The fourth-order valence-corrected chi connectivity index (χ4v) is 1.86. The third-order valence-corrected chi connectivity index (χ3v) is 2.76. The number of methoxy groups -OCH3 is 1. The van der Waals surface area contributed by atoms with Crippen molar-refractivity contribution in [2.75, 3.05) is 13.7 Å². The fourth-order valence-electron chi connectivity index (χ4n) is 1.86. The average Bonchev–Trinajstić information content (AvgIpc) is 2.70. The molecule has 0 radical (unpaired) electrons. The first-order chi connectivity index (χ1) is 8.61. The minimum atomic E-state index is -0.170. The van der Waals surface area contributed by atoms with Crippen LogP contribution in [0.25, 0.3) is 0 Å². The molecule has 0 fully saturated rings. The van der Waals surface area contributed by atoms with E-state index in [1.54, 1.807) is 12.3 Å². The maximum atomic E-state index is 11.6. The Morgan fingerprint density at radius 1 is 1.44 bits per heavy atom. The number of amides is 1. The molecule has 18 heavy (non-hydrogen) atoms. The summed E-state index contributed by atoms with van der Waals surface area (Å²) in [6.45, 7) is 2.03. The molecule has 2 rings (SSSR count). The van der Waals surface area contributed by atoms with E-state index in [-0.39, 0.29) is 11.7 Å². The van der Waals surface area contributed by atoms with E-state index in [4.69, 9.17) is 4.74 Å². The average molecular weight is 246 g/mol. The molecule has 1 heterocycles. The van der Waals surface area contributed by atoms with E-state index in [0.29, 0.717) is 24.4 Å². The first-order valence-corrected chi connectivity index (χ1v) is 5.65. The van der Waals surface area contributed by atoms with E-state index in [1.165, 1.54) is 20.1 Å². The molecule has 0 aromatic rings. The molecule has 0 spiro atoms. The van der Waals surface area contributed by atoms with Crippen LogP contribution < -0.4 is 5.32 Å². The second kappa shape index (κ2) is 5.00. The van der Waals surface area contributed by atoms with Crippen LogP contribution in [-0.4, -0.2) is 31.6 Å². The van der Waals surface area contributed by atoms with Crippen LogP contribution in [0.4, 0.5) is 0 Å². The number of carbonyl (C=O) groups excluding carboxylic acids is 2. The number of rotatable bonds is 4. The Bertz CT molecular complexity index is 524. The lowest BCUT2D eigenvalue weighted by molar-refractivity contribution is -0.119. The van der Waals surface area contributed by atoms with Crippen LogP contribution in [-0.2, 0) is 14.3 Å². The lowest BCUT2D eigenvalue weighted by Gasteiger charge is -2.11. The van der Waals surface area contributed by atoms with E-state index in [9.17, 15) is 9.59 Å². The van der Waals surface area contributed by atoms with Crippen molar-refractivity contribution < 1.29 is 14.3 Å². The van der Waals surface area contributed by atoms with Crippen molar-refractivity contribution in [2.24, 2.45) is 4.99 Å². The third kappa shape index (κ3) is 2.40. The van der Waals surface area contributed by atoms with Crippen molar-refractivity contribution in [1.29, 1.82) is 0 Å². The van der Waals surface area contributed by atoms with Gasteiger partial charge >= 0.3 is 0 Å². The number of hydrogen-bond acceptors (Lipinski definition) is 4. The normalized spacial score (nSPS) is 17.3. The highest BCUT2D eigenvalue weighted by molar-refractivity contribution is 6.07. The lowest BCUT2D eigenvalue weighted by Crippen LogP contribution is -2.21. The molecule has 0 unspecified atom stereocenters. The molecule has 0 saturated heterocycles. The number of hydrogen-bond donors (Lipinski definition) is 1. The van der Waals surface area contributed by atoms with Crippen molar-refractivity contribution >= 4 is 17.9 Å². The van der Waals surface area contributed by atoms with Gasteiger partial charge in [0.2, 0.25) is 11.7 Å². The largest absolute Gasteiger partial charge is 0.493 e. The van der Waals surface area contributed by atoms with E-state index in [1.807, 2.05) is 0 Å². The number of nitrogens with zero attached hydrogens (tertiary/aromatic N) is 1. The molecular weight excluding hydrogens is 232 g/mol. The van der Waals surface area contributed by atoms with Crippen LogP contribution >= 0.6 is 0 Å². The van der Waals surface area contributed by atoms with Crippen molar-refractivity contribution in [3.63, 3.8) is 0 Å². The van der Waals surface area contributed by atoms with Gasteiger partial charge in [0.15, 0.2) is 5.76 Å². The molecule has 1 N–H and O–H groups in total. The molecule has 0 aromatic carbocycles. The van der Waals surface area contributed by atoms with Crippen LogP contribution in [0, 0.1) is 0 Å². The maximum absolute atomic E-state index is 11.6. The number of ether oxygens (including phenoxy) is 1. The van der Waals surface area contributed by atoms with E-state index >= 15 is 0 Å². The highest BCUT2D eigenvalue weighted by Crippen LogP contribution is 2.29. The van der Waals surface area contributed by atoms with Crippen molar-refractivity contribution in [3.05, 3.63) is 34.8 Å². The number of nitrogens with one attached hydrogen (secondary N) is 1. The Hall–Kier alpha value is -2.17. The maximum Gasteiger partial charge on any atom is 0.222 e. The zero-order valence-electron chi connectivity index (χ0n) is 10.3. The molecule has 0 aromatic heterocycles. The molecule has 0 saturated carbocycles. The summed E-state index contributed by atoms with van der Waals surface area (Å²) in [5, 5.41) is 2.73. The van der Waals surface area contributed by atoms with Gasteiger partial charge < -0.3 is 10.1 Å². The number of ketones is 1. The summed E-state index contributed by atoms with van der Waals surface area (Å²) < 4.78 is 5.01. The third-order valence-electron chi connectivity index (χ3n) is 2.76. The molecule has 2 aliphatic rings. The van der Waals surface area contributed by atoms with Crippen LogP contribution in [0.15, 0.2) is 39.7 Å². The molecule has 1 amide bonds. The molecule has 5 nitrogen and oxygen atoms in total. The Morgan fingerprint density at radius 3 is 2.89 bits per heavy atom. The van der Waals surface area contributed by atoms with Gasteiger partial charge in [-0.25, -0.2) is 0 Å². The van der Waals surface area contributed by atoms with Gasteiger partial charge in [0.05, 0.1) is 12.8 Å². The number of fused-ring (bicyclic) bond motifs is 1. The van der Waals surface area contributed by atoms with Gasteiger partial charge in [-0.15, -0.1) is 0 Å². The number of carbonyl (C=O) groups is 2. The Labute approximate surface area is 105 Å². The van der Waals surface area contributed by atoms with Gasteiger partial charge in [0.25, 0.3) is 0 Å². The van der Waals surface area contributed by atoms with E-state index in [0.717, 1.165) is 11.1 Å². The molecule has 0 bridgehead atoms. The van der Waals surface area contributed by atoms with E-state index in [2.05, 4.69) is 10.3 Å². The van der Waals surface area contributed by atoms with Crippen molar-refractivity contribution in [1.82, 2.24) is 5.32 Å². The first kappa shape index (κ1) is 12.3. The van der Waals surface area contributed by atoms with Crippen LogP contribution in [0.2, 0.25) is 0 Å². The molecular formula is C13H14N2O3. The Balaban J connectivity index is 2.16. The second-order valence-electron chi connectivity index (χ2n) is 4.04. The summed E-state index contributed by atoms with van der Waals surface area (Å²) in [5.74, 6) is 0.0889. The minimum Gasteiger partial charge on any atom is -0.493 e. The summed E-state index contributed by atoms with van der Waals surface area (Å²) in [5.41, 5.74) is 2.56. The van der Waals surface area contributed by atoms with Gasteiger partial charge in [-0.05, 0) is 18.1 Å². The topological polar surface area (TPSA) is 67.8 Å². The van der Waals surface area contributed by atoms with Crippen LogP contribution in [0.5, 0.6) is 0 Å². The summed E-state index contributed by atoms with van der Waals surface area (Å²) >= 11 is 0. The van der Waals surface area contributed by atoms with Gasteiger partial charge in [-0.3, -0.25) is 14.6 Å². The van der Waals surface area contributed by atoms with Crippen molar-refractivity contribution in [3.8, 4) is 0 Å². The van der Waals surface area contributed by atoms with E-state index < -0.39 is 0 Å². The van der Waals surface area contributed by atoms with Crippen LogP contribution in [0.1, 0.15) is 13.3 Å². The van der Waals surface area contributed by atoms with Gasteiger partial charge in [0.1, 0.15) is 0 Å². The zero-order chi connectivity index (χ0) is 13.1. The number of aliphatic imine (C=N–C) groups is 1. The van der Waals surface area contributed by atoms with Gasteiger partial charge in [-0.1, -0.05) is 0 Å². The zero-order valence-corrected chi connectivity index (χ0v) is 10.3. The Morgan fingerprint density at radius 2 is 2.22 bits per heavy atom. The molecule has 5 heteroatoms. The molecule has 0 atom stereocenters. The van der Waals surface area contributed by atoms with Crippen LogP contribution in [0.3, 0.4) is 0 Å². The predicted octanol–water partition coefficient (Wildman–Crippen LogP) is 0.890. The Kier molecular flexibility index (Phi) is 3.41. The smallest absolute Gasteiger partial charge is 0.222 e. The lowest BCUT2D eigenvalue weighted by atomic mass is 9.99. The first-order valence-electron chi connectivity index (χ1n) is 5.65. The summed E-state index contributed by atoms with van der Waals surface area (Å²) in [6.07, 6.45) is 5.58. The second-order valence-corrected chi connectivity index (χ2v) is 4.04. The summed E-state index contributed by atoms with van der Waals surface area (Å²) in [6, 6.07) is 0. The predicted molar refractivity (Wildman–Crippen MR) is 67.0 cm³/mol.